The van der Waals surface area contributed by atoms with Crippen LogP contribution in [0.2, 0.25) is 0 Å². The summed E-state index contributed by atoms with van der Waals surface area (Å²) in [5.74, 6) is -0.332. The Kier molecular flexibility index (Phi) is 3.09. The van der Waals surface area contributed by atoms with E-state index >= 15 is 0 Å². The Morgan fingerprint density at radius 2 is 1.86 bits per heavy atom. The van der Waals surface area contributed by atoms with Crippen LogP contribution in [0.5, 0.6) is 0 Å². The van der Waals surface area contributed by atoms with Gasteiger partial charge in [-0.3, -0.25) is 14.3 Å². The summed E-state index contributed by atoms with van der Waals surface area (Å²) in [5, 5.41) is 0. The van der Waals surface area contributed by atoms with E-state index in [0.29, 0.717) is 17.0 Å². The van der Waals surface area contributed by atoms with Crippen molar-refractivity contribution in [2.45, 2.75) is 6.54 Å². The van der Waals surface area contributed by atoms with Crippen LogP contribution in [-0.2, 0) is 13.6 Å². The Bertz CT molecular complexity index is 994. The second-order valence-corrected chi connectivity index (χ2v) is 5.04. The molecule has 0 aliphatic carbocycles. The summed E-state index contributed by atoms with van der Waals surface area (Å²) in [6.45, 7) is 0.306. The molecular formula is C13H11FN4O2S. The first kappa shape index (κ1) is 13.5. The molecule has 0 atom stereocenters. The number of hydrogen-bond acceptors (Lipinski definition) is 3. The van der Waals surface area contributed by atoms with Crippen molar-refractivity contribution in [1.82, 2.24) is 19.1 Å². The zero-order chi connectivity index (χ0) is 15.1. The molecule has 0 saturated carbocycles. The molecule has 0 unspecified atom stereocenters. The highest BCUT2D eigenvalue weighted by Crippen LogP contribution is 2.11. The van der Waals surface area contributed by atoms with Crippen LogP contribution in [0.25, 0.3) is 11.2 Å². The lowest BCUT2D eigenvalue weighted by Gasteiger charge is -2.05. The summed E-state index contributed by atoms with van der Waals surface area (Å²) < 4.78 is 16.1. The normalized spacial score (nSPS) is 11.1. The molecule has 0 fully saturated rings. The Morgan fingerprint density at radius 1 is 1.19 bits per heavy atom. The van der Waals surface area contributed by atoms with Crippen molar-refractivity contribution in [2.75, 3.05) is 0 Å². The second kappa shape index (κ2) is 4.81. The number of rotatable bonds is 2. The van der Waals surface area contributed by atoms with Crippen LogP contribution in [0.3, 0.4) is 0 Å². The molecule has 0 saturated heterocycles. The average molecular weight is 306 g/mol. The molecule has 0 bridgehead atoms. The number of H-pyrrole nitrogens is 2. The number of benzene rings is 1. The minimum atomic E-state index is -0.516. The van der Waals surface area contributed by atoms with Gasteiger partial charge in [-0.15, -0.1) is 0 Å². The summed E-state index contributed by atoms with van der Waals surface area (Å²) in [7, 11) is 1.54. The number of imidazole rings is 1. The lowest BCUT2D eigenvalue weighted by Crippen LogP contribution is -2.29. The molecule has 2 N–H and O–H groups in total. The number of nitrogens with one attached hydrogen (secondary N) is 2. The lowest BCUT2D eigenvalue weighted by molar-refractivity contribution is 0.626. The van der Waals surface area contributed by atoms with Crippen LogP contribution >= 0.6 is 12.2 Å². The third kappa shape index (κ3) is 2.23. The molecule has 1 aromatic carbocycles. The second-order valence-electron chi connectivity index (χ2n) is 4.66. The molecule has 3 rings (SSSR count). The van der Waals surface area contributed by atoms with Gasteiger partial charge in [-0.25, -0.2) is 9.18 Å². The zero-order valence-corrected chi connectivity index (χ0v) is 11.8. The van der Waals surface area contributed by atoms with Crippen molar-refractivity contribution in [3.8, 4) is 0 Å². The van der Waals surface area contributed by atoms with Gasteiger partial charge in [0, 0.05) is 7.05 Å². The van der Waals surface area contributed by atoms with Crippen molar-refractivity contribution >= 4 is 23.4 Å². The van der Waals surface area contributed by atoms with Gasteiger partial charge in [0.1, 0.15) is 11.5 Å². The van der Waals surface area contributed by atoms with Gasteiger partial charge in [0.25, 0.3) is 5.56 Å². The largest absolute Gasteiger partial charge is 0.329 e. The van der Waals surface area contributed by atoms with Crippen LogP contribution in [0.15, 0.2) is 33.9 Å². The van der Waals surface area contributed by atoms with Crippen LogP contribution < -0.4 is 11.2 Å². The van der Waals surface area contributed by atoms with Crippen molar-refractivity contribution in [2.24, 2.45) is 7.05 Å². The van der Waals surface area contributed by atoms with Gasteiger partial charge in [-0.05, 0) is 29.9 Å². The Hall–Kier alpha value is -2.48. The van der Waals surface area contributed by atoms with E-state index in [-0.39, 0.29) is 11.3 Å². The van der Waals surface area contributed by atoms with E-state index in [9.17, 15) is 14.0 Å². The third-order valence-electron chi connectivity index (χ3n) is 3.29. The molecule has 3 aromatic rings. The van der Waals surface area contributed by atoms with Crippen LogP contribution in [0, 0.1) is 10.6 Å². The minimum Gasteiger partial charge on any atom is -0.316 e. The highest BCUT2D eigenvalue weighted by Gasteiger charge is 2.12. The van der Waals surface area contributed by atoms with Crippen molar-refractivity contribution in [1.29, 1.82) is 0 Å². The highest BCUT2D eigenvalue weighted by atomic mass is 32.1. The molecule has 6 nitrogen and oxygen atoms in total. The molecule has 8 heteroatoms. The summed E-state index contributed by atoms with van der Waals surface area (Å²) in [4.78, 5) is 28.7. The van der Waals surface area contributed by atoms with Crippen molar-refractivity contribution in [3.63, 3.8) is 0 Å². The van der Waals surface area contributed by atoms with Gasteiger partial charge in [0.05, 0.1) is 6.54 Å². The number of halogens is 1. The number of fused-ring (bicyclic) bond motifs is 1. The molecule has 0 amide bonds. The molecule has 2 heterocycles. The molecule has 21 heavy (non-hydrogen) atoms. The first-order valence-electron chi connectivity index (χ1n) is 6.13. The number of aryl methyl sites for hydroxylation is 1. The summed E-state index contributed by atoms with van der Waals surface area (Å²) in [6, 6.07) is 5.92. The van der Waals surface area contributed by atoms with E-state index in [1.807, 2.05) is 0 Å². The number of hydrogen-bond donors (Lipinski definition) is 2. The maximum Gasteiger partial charge on any atom is 0.329 e. The van der Waals surface area contributed by atoms with Crippen molar-refractivity contribution in [3.05, 3.63) is 61.3 Å². The lowest BCUT2D eigenvalue weighted by atomic mass is 10.2. The van der Waals surface area contributed by atoms with E-state index < -0.39 is 11.2 Å². The fourth-order valence-electron chi connectivity index (χ4n) is 2.20. The molecular weight excluding hydrogens is 295 g/mol. The van der Waals surface area contributed by atoms with Gasteiger partial charge in [-0.1, -0.05) is 12.1 Å². The van der Waals surface area contributed by atoms with Crippen molar-refractivity contribution < 1.29 is 4.39 Å². The number of nitrogens with zero attached hydrogens (tertiary/aromatic N) is 2. The predicted octanol–water partition coefficient (Wildman–Crippen LogP) is 1.27. The van der Waals surface area contributed by atoms with E-state index in [1.165, 1.54) is 23.7 Å². The number of aromatic amines is 2. The van der Waals surface area contributed by atoms with Gasteiger partial charge >= 0.3 is 5.69 Å². The molecule has 2 aromatic heterocycles. The van der Waals surface area contributed by atoms with Gasteiger partial charge in [0.2, 0.25) is 0 Å². The highest BCUT2D eigenvalue weighted by molar-refractivity contribution is 7.71. The van der Waals surface area contributed by atoms with Gasteiger partial charge in [0.15, 0.2) is 10.3 Å². The third-order valence-corrected chi connectivity index (χ3v) is 3.62. The quantitative estimate of drug-likeness (QED) is 0.700. The van der Waals surface area contributed by atoms with Crippen LogP contribution in [0.1, 0.15) is 5.56 Å². The standard InChI is InChI=1S/C13H11FN4O2S/c1-17-10-9(11(19)16-12(17)20)18(13(21)15-10)6-7-2-4-8(14)5-3-7/h2-5H,6H2,1H3,(H,15,21)(H,16,19,20). The fourth-order valence-corrected chi connectivity index (χ4v) is 2.45. The summed E-state index contributed by atoms with van der Waals surface area (Å²) in [5.41, 5.74) is 0.407. The van der Waals surface area contributed by atoms with E-state index in [4.69, 9.17) is 12.2 Å². The molecule has 0 spiro atoms. The van der Waals surface area contributed by atoms with E-state index in [2.05, 4.69) is 9.97 Å². The van der Waals surface area contributed by atoms with Gasteiger partial charge in [-0.2, -0.15) is 0 Å². The predicted molar refractivity (Wildman–Crippen MR) is 78.5 cm³/mol. The van der Waals surface area contributed by atoms with Gasteiger partial charge < -0.3 is 9.55 Å². The molecule has 0 radical (unpaired) electrons. The smallest absolute Gasteiger partial charge is 0.316 e. The zero-order valence-electron chi connectivity index (χ0n) is 11.0. The first-order valence-corrected chi connectivity index (χ1v) is 6.54. The molecule has 0 aliphatic rings. The first-order chi connectivity index (χ1) is 9.97. The summed E-state index contributed by atoms with van der Waals surface area (Å²) in [6.07, 6.45) is 0. The molecule has 0 aliphatic heterocycles. The monoisotopic (exact) mass is 306 g/mol. The van der Waals surface area contributed by atoms with E-state index in [1.54, 1.807) is 16.7 Å². The maximum atomic E-state index is 12.9. The number of aromatic nitrogens is 4. The van der Waals surface area contributed by atoms with Crippen LogP contribution in [-0.4, -0.2) is 19.1 Å². The SMILES string of the molecule is Cn1c(=O)[nH]c(=O)c2c1[nH]c(=S)n2Cc1ccc(F)cc1. The Balaban J connectivity index is 2.24. The topological polar surface area (TPSA) is 75.6 Å². The van der Waals surface area contributed by atoms with Crippen LogP contribution in [0.4, 0.5) is 4.39 Å². The maximum absolute atomic E-state index is 12.9. The summed E-state index contributed by atoms with van der Waals surface area (Å²) >= 11 is 5.21. The Labute approximate surface area is 122 Å². The Morgan fingerprint density at radius 3 is 2.52 bits per heavy atom. The average Bonchev–Trinajstić information content (AvgIpc) is 2.77. The van der Waals surface area contributed by atoms with E-state index in [0.717, 1.165) is 5.56 Å². The minimum absolute atomic E-state index is 0.284. The fraction of sp³-hybridized carbons (Fsp3) is 0.154. The molecule has 108 valence electrons.